The average molecular weight is 481 g/mol. The number of H-pyrrole nitrogens is 1. The Morgan fingerprint density at radius 1 is 1.26 bits per heavy atom. The predicted molar refractivity (Wildman–Crippen MR) is 131 cm³/mol. The average Bonchev–Trinajstić information content (AvgIpc) is 3.50. The molecule has 0 radical (unpaired) electrons. The summed E-state index contributed by atoms with van der Waals surface area (Å²) in [6, 6.07) is 4.56. The minimum Gasteiger partial charge on any atom is -0.421 e. The number of benzene rings is 1. The molecule has 10 nitrogen and oxygen atoms in total. The van der Waals surface area contributed by atoms with Gasteiger partial charge in [-0.3, -0.25) is 0 Å². The van der Waals surface area contributed by atoms with E-state index in [0.717, 1.165) is 47.2 Å². The van der Waals surface area contributed by atoms with E-state index in [1.807, 2.05) is 19.2 Å². The molecule has 1 aliphatic carbocycles. The summed E-state index contributed by atoms with van der Waals surface area (Å²) in [7, 11) is 1.86. The van der Waals surface area contributed by atoms with Gasteiger partial charge in [0.1, 0.15) is 17.6 Å². The second-order valence-corrected chi connectivity index (χ2v) is 9.50. The molecule has 4 atom stereocenters. The zero-order valence-electron chi connectivity index (χ0n) is 18.8. The van der Waals surface area contributed by atoms with Crippen molar-refractivity contribution in [2.24, 2.45) is 11.7 Å². The van der Waals surface area contributed by atoms with Crippen LogP contribution in [0, 0.1) is 5.92 Å². The smallest absolute Gasteiger partial charge is 0.326 e. The van der Waals surface area contributed by atoms with Gasteiger partial charge in [-0.25, -0.2) is 9.97 Å². The Morgan fingerprint density at radius 2 is 2.06 bits per heavy atom. The van der Waals surface area contributed by atoms with Crippen molar-refractivity contribution in [3.63, 3.8) is 0 Å². The van der Waals surface area contributed by atoms with E-state index in [1.165, 1.54) is 12.4 Å². The van der Waals surface area contributed by atoms with Crippen LogP contribution in [-0.2, 0) is 0 Å². The Kier molecular flexibility index (Phi) is 4.98. The summed E-state index contributed by atoms with van der Waals surface area (Å²) in [6.45, 7) is 2.45. The van der Waals surface area contributed by atoms with Crippen molar-refractivity contribution in [2.75, 3.05) is 23.8 Å². The fraction of sp³-hybridized carbons (Fsp3) is 0.391. The highest BCUT2D eigenvalue weighted by molar-refractivity contribution is 6.32. The Labute approximate surface area is 200 Å². The molecule has 0 amide bonds. The lowest BCUT2D eigenvalue weighted by Crippen LogP contribution is -2.41. The maximum atomic E-state index is 9.66. The first-order valence-corrected chi connectivity index (χ1v) is 11.7. The van der Waals surface area contributed by atoms with Gasteiger partial charge in [-0.15, -0.1) is 0 Å². The van der Waals surface area contributed by atoms with Gasteiger partial charge in [0, 0.05) is 36.1 Å². The first-order valence-electron chi connectivity index (χ1n) is 11.3. The van der Waals surface area contributed by atoms with E-state index in [2.05, 4.69) is 30.2 Å². The third-order valence-corrected chi connectivity index (χ3v) is 7.07. The van der Waals surface area contributed by atoms with Gasteiger partial charge in [-0.05, 0) is 37.8 Å². The number of nitrogens with two attached hydrogens (primary N) is 1. The molecule has 2 bridgehead atoms. The SMILES string of the molecule is CNc1cc(Cl)cc2c1[nH]c1nc(Oc3cnc(C(C)O)nc3)nc(N3C[C@H]4C[C@@H]3C[C@H]4N)c12. The number of piperidine rings is 1. The molecule has 11 heteroatoms. The standard InChI is InChI=1S/C23H25ClN8O2/c1-10(33)20-27-7-14(8-28-20)34-23-30-21-18(15-4-12(24)5-17(26-2)19(15)29-21)22(31-23)32-9-11-3-13(32)6-16(11)25/h4-5,7-8,10-11,13,16,26,33H,3,6,9,25H2,1-2H3,(H,29,30,31)/t10?,11-,13-,16-/m1/s1. The fourth-order valence-corrected chi connectivity index (χ4v) is 5.45. The number of nitrogens with zero attached hydrogens (tertiary/aromatic N) is 5. The van der Waals surface area contributed by atoms with Crippen molar-refractivity contribution >= 4 is 45.0 Å². The number of hydrogen-bond donors (Lipinski definition) is 4. The van der Waals surface area contributed by atoms with Crippen LogP contribution >= 0.6 is 11.6 Å². The molecule has 0 spiro atoms. The molecular formula is C23H25ClN8O2. The molecule has 2 aliphatic rings. The minimum absolute atomic E-state index is 0.187. The molecule has 34 heavy (non-hydrogen) atoms. The van der Waals surface area contributed by atoms with Crippen LogP contribution in [0.15, 0.2) is 24.5 Å². The number of halogens is 1. The summed E-state index contributed by atoms with van der Waals surface area (Å²) in [5.74, 6) is 1.95. The molecule has 1 aromatic carbocycles. The lowest BCUT2D eigenvalue weighted by atomic mass is 10.0. The van der Waals surface area contributed by atoms with Gasteiger partial charge in [0.05, 0.1) is 29.0 Å². The Bertz CT molecular complexity index is 1390. The van der Waals surface area contributed by atoms with E-state index in [-0.39, 0.29) is 12.1 Å². The number of aromatic nitrogens is 5. The summed E-state index contributed by atoms with van der Waals surface area (Å²) in [6.07, 6.45) is 4.24. The number of aliphatic hydroxyl groups is 1. The van der Waals surface area contributed by atoms with E-state index >= 15 is 0 Å². The molecule has 1 saturated heterocycles. The van der Waals surface area contributed by atoms with Crippen molar-refractivity contribution in [2.45, 2.75) is 38.0 Å². The second-order valence-electron chi connectivity index (χ2n) is 9.06. The summed E-state index contributed by atoms with van der Waals surface area (Å²) >= 11 is 6.45. The number of hydrogen-bond acceptors (Lipinski definition) is 9. The normalized spacial score (nSPS) is 22.6. The van der Waals surface area contributed by atoms with Gasteiger partial charge in [0.25, 0.3) is 0 Å². The number of rotatable bonds is 5. The number of fused-ring (bicyclic) bond motifs is 5. The zero-order valence-corrected chi connectivity index (χ0v) is 19.5. The third kappa shape index (κ3) is 3.41. The fourth-order valence-electron chi connectivity index (χ4n) is 5.23. The summed E-state index contributed by atoms with van der Waals surface area (Å²) in [4.78, 5) is 23.6. The molecule has 4 heterocycles. The molecule has 4 aromatic rings. The van der Waals surface area contributed by atoms with Crippen LogP contribution in [0.3, 0.4) is 0 Å². The largest absolute Gasteiger partial charge is 0.421 e. The summed E-state index contributed by atoms with van der Waals surface area (Å²) in [5.41, 5.74) is 8.75. The van der Waals surface area contributed by atoms with E-state index in [4.69, 9.17) is 27.1 Å². The van der Waals surface area contributed by atoms with Crippen molar-refractivity contribution in [1.29, 1.82) is 0 Å². The molecule has 1 unspecified atom stereocenters. The molecular weight excluding hydrogens is 456 g/mol. The lowest BCUT2D eigenvalue weighted by molar-refractivity contribution is 0.188. The van der Waals surface area contributed by atoms with E-state index in [1.54, 1.807) is 6.92 Å². The monoisotopic (exact) mass is 480 g/mol. The van der Waals surface area contributed by atoms with Gasteiger partial charge in [0.2, 0.25) is 0 Å². The lowest BCUT2D eigenvalue weighted by Gasteiger charge is -2.31. The highest BCUT2D eigenvalue weighted by Crippen LogP contribution is 2.44. The quantitative estimate of drug-likeness (QED) is 0.338. The Balaban J connectivity index is 1.50. The maximum absolute atomic E-state index is 9.66. The van der Waals surface area contributed by atoms with E-state index < -0.39 is 6.10 Å². The highest BCUT2D eigenvalue weighted by atomic mass is 35.5. The Morgan fingerprint density at radius 3 is 2.71 bits per heavy atom. The van der Waals surface area contributed by atoms with Crippen LogP contribution in [0.4, 0.5) is 11.5 Å². The highest BCUT2D eigenvalue weighted by Gasteiger charge is 2.44. The molecule has 3 aromatic heterocycles. The van der Waals surface area contributed by atoms with Crippen molar-refractivity contribution < 1.29 is 9.84 Å². The summed E-state index contributed by atoms with van der Waals surface area (Å²) in [5, 5.41) is 15.3. The first kappa shape index (κ1) is 21.3. The predicted octanol–water partition coefficient (Wildman–Crippen LogP) is 3.37. The number of ether oxygens (including phenoxy) is 1. The number of aromatic amines is 1. The summed E-state index contributed by atoms with van der Waals surface area (Å²) < 4.78 is 5.96. The molecule has 6 rings (SSSR count). The van der Waals surface area contributed by atoms with E-state index in [9.17, 15) is 5.11 Å². The topological polar surface area (TPSA) is 138 Å². The van der Waals surface area contributed by atoms with Gasteiger partial charge in [0.15, 0.2) is 11.6 Å². The van der Waals surface area contributed by atoms with Gasteiger partial charge < -0.3 is 30.8 Å². The van der Waals surface area contributed by atoms with Crippen LogP contribution in [0.2, 0.25) is 5.02 Å². The third-order valence-electron chi connectivity index (χ3n) is 6.85. The van der Waals surface area contributed by atoms with Crippen LogP contribution in [0.25, 0.3) is 21.9 Å². The van der Waals surface area contributed by atoms with Crippen LogP contribution in [0.5, 0.6) is 11.8 Å². The van der Waals surface area contributed by atoms with Crippen LogP contribution in [-0.4, -0.2) is 55.7 Å². The first-order chi connectivity index (χ1) is 16.4. The second kappa shape index (κ2) is 7.93. The van der Waals surface area contributed by atoms with Gasteiger partial charge >= 0.3 is 6.01 Å². The van der Waals surface area contributed by atoms with E-state index in [0.29, 0.717) is 34.2 Å². The number of aliphatic hydroxyl groups excluding tert-OH is 1. The van der Waals surface area contributed by atoms with Crippen molar-refractivity contribution in [3.05, 3.63) is 35.4 Å². The molecule has 2 fully saturated rings. The van der Waals surface area contributed by atoms with Crippen LogP contribution in [0.1, 0.15) is 31.7 Å². The van der Waals surface area contributed by atoms with Gasteiger partial charge in [-0.1, -0.05) is 11.6 Å². The molecule has 1 aliphatic heterocycles. The Hall–Kier alpha value is -3.21. The van der Waals surface area contributed by atoms with Crippen LogP contribution < -0.4 is 20.7 Å². The zero-order chi connectivity index (χ0) is 23.6. The van der Waals surface area contributed by atoms with Crippen molar-refractivity contribution in [3.8, 4) is 11.8 Å². The number of anilines is 2. The maximum Gasteiger partial charge on any atom is 0.326 e. The number of nitrogens with one attached hydrogen (secondary N) is 2. The molecule has 176 valence electrons. The van der Waals surface area contributed by atoms with Crippen molar-refractivity contribution in [1.82, 2.24) is 24.9 Å². The molecule has 1 saturated carbocycles. The van der Waals surface area contributed by atoms with Gasteiger partial charge in [-0.2, -0.15) is 9.97 Å². The molecule has 5 N–H and O–H groups in total. The minimum atomic E-state index is -0.759.